The van der Waals surface area contributed by atoms with Crippen LogP contribution >= 0.6 is 0 Å². The van der Waals surface area contributed by atoms with Crippen molar-refractivity contribution in [3.63, 3.8) is 0 Å². The molecule has 0 spiro atoms. The average Bonchev–Trinajstić information content (AvgIpc) is 3.22. The number of hydrogen-bond donors (Lipinski definition) is 0. The van der Waals surface area contributed by atoms with Crippen LogP contribution in [0.15, 0.2) is 72.9 Å². The highest BCUT2D eigenvalue weighted by atomic mass is 16.6. The van der Waals surface area contributed by atoms with Gasteiger partial charge < -0.3 is 14.2 Å². The molecule has 0 fully saturated rings. The maximum Gasteiger partial charge on any atom is 0.306 e. The highest BCUT2D eigenvalue weighted by Crippen LogP contribution is 2.13. The molecular weight excluding hydrogens is 721 g/mol. The Morgan fingerprint density at radius 1 is 0.362 bits per heavy atom. The monoisotopic (exact) mass is 809 g/mol. The number of unbranched alkanes of at least 4 members (excludes halogenated alkanes) is 19. The summed E-state index contributed by atoms with van der Waals surface area (Å²) < 4.78 is 16.7. The first-order valence-corrected chi connectivity index (χ1v) is 23.9. The molecule has 0 radical (unpaired) electrons. The molecule has 0 amide bonds. The zero-order chi connectivity index (χ0) is 42.3. The molecule has 0 aliphatic heterocycles. The van der Waals surface area contributed by atoms with Crippen LogP contribution in [0.2, 0.25) is 0 Å². The van der Waals surface area contributed by atoms with Gasteiger partial charge in [-0.05, 0) is 83.5 Å². The Morgan fingerprint density at radius 3 is 1.10 bits per heavy atom. The number of ether oxygens (including phenoxy) is 3. The van der Waals surface area contributed by atoms with Crippen LogP contribution in [0.5, 0.6) is 0 Å². The molecule has 332 valence electrons. The van der Waals surface area contributed by atoms with E-state index in [4.69, 9.17) is 14.2 Å². The van der Waals surface area contributed by atoms with Gasteiger partial charge in [0, 0.05) is 19.3 Å². The topological polar surface area (TPSA) is 78.9 Å². The van der Waals surface area contributed by atoms with Crippen molar-refractivity contribution in [3.05, 3.63) is 72.9 Å². The summed E-state index contributed by atoms with van der Waals surface area (Å²) in [4.78, 5) is 37.8. The quantitative estimate of drug-likeness (QED) is 0.0264. The predicted molar refractivity (Wildman–Crippen MR) is 247 cm³/mol. The molecule has 0 saturated carbocycles. The van der Waals surface area contributed by atoms with E-state index in [1.807, 2.05) is 0 Å². The van der Waals surface area contributed by atoms with Crippen molar-refractivity contribution in [2.45, 2.75) is 226 Å². The molecule has 6 heteroatoms. The van der Waals surface area contributed by atoms with Gasteiger partial charge in [-0.1, -0.05) is 190 Å². The van der Waals surface area contributed by atoms with Gasteiger partial charge in [-0.2, -0.15) is 0 Å². The fraction of sp³-hybridized carbons (Fsp3) is 0.712. The van der Waals surface area contributed by atoms with Crippen LogP contribution < -0.4 is 0 Å². The van der Waals surface area contributed by atoms with Gasteiger partial charge in [-0.25, -0.2) is 0 Å². The van der Waals surface area contributed by atoms with E-state index in [0.29, 0.717) is 19.3 Å². The minimum absolute atomic E-state index is 0.0887. The third kappa shape index (κ3) is 44.0. The Bertz CT molecular complexity index is 1110. The molecule has 1 atom stereocenters. The lowest BCUT2D eigenvalue weighted by Gasteiger charge is -2.18. The maximum absolute atomic E-state index is 12.7. The first-order chi connectivity index (χ1) is 28.5. The van der Waals surface area contributed by atoms with E-state index in [1.54, 1.807) is 0 Å². The number of rotatable bonds is 42. The van der Waals surface area contributed by atoms with Crippen molar-refractivity contribution in [1.82, 2.24) is 0 Å². The predicted octanol–water partition coefficient (Wildman–Crippen LogP) is 15.5. The first kappa shape index (κ1) is 54.9. The van der Waals surface area contributed by atoms with Crippen LogP contribution in [-0.2, 0) is 28.6 Å². The van der Waals surface area contributed by atoms with Crippen LogP contribution in [0, 0.1) is 0 Å². The summed E-state index contributed by atoms with van der Waals surface area (Å²) in [6.07, 6.45) is 57.4. The molecule has 0 saturated heterocycles. The summed E-state index contributed by atoms with van der Waals surface area (Å²) in [5, 5.41) is 0. The lowest BCUT2D eigenvalue weighted by Crippen LogP contribution is -2.30. The standard InChI is InChI=1S/C52H88O6/c1-4-7-10-13-16-19-21-23-25-26-27-29-30-33-36-39-42-45-51(54)57-48-49(47-56-50(53)44-41-38-35-32-18-15-12-9-6-3)58-52(55)46-43-40-37-34-31-28-24-22-20-17-14-11-8-5-2/h7,10,14,16-17,19,22-25,27,29,49H,4-6,8-9,11-13,15,18,20-21,26,28,30-48H2,1-3H3/b10-7-,17-14-,19-16-,24-22-,25-23-,29-27-. The Kier molecular flexibility index (Phi) is 44.0. The minimum Gasteiger partial charge on any atom is -0.462 e. The zero-order valence-corrected chi connectivity index (χ0v) is 37.8. The van der Waals surface area contributed by atoms with E-state index in [1.165, 1.54) is 57.8 Å². The molecule has 0 aromatic rings. The molecule has 1 unspecified atom stereocenters. The number of allylic oxidation sites excluding steroid dienone is 12. The number of carbonyl (C=O) groups is 3. The number of hydrogen-bond acceptors (Lipinski definition) is 6. The normalized spacial score (nSPS) is 12.7. The molecule has 0 aliphatic carbocycles. The SMILES string of the molecule is CC/C=C\C/C=C\C/C=C\C/C=C\CCCCCCC(=O)OCC(COC(=O)CCCCCCCCCCC)OC(=O)CCCCCCC/C=C\C/C=C\CCCC. The van der Waals surface area contributed by atoms with Crippen LogP contribution in [-0.4, -0.2) is 37.2 Å². The van der Waals surface area contributed by atoms with Crippen molar-refractivity contribution in [1.29, 1.82) is 0 Å². The minimum atomic E-state index is -0.789. The van der Waals surface area contributed by atoms with Crippen molar-refractivity contribution >= 4 is 17.9 Å². The molecule has 0 heterocycles. The van der Waals surface area contributed by atoms with Crippen molar-refractivity contribution in [3.8, 4) is 0 Å². The Labute approximate surface area is 357 Å². The van der Waals surface area contributed by atoms with Gasteiger partial charge in [0.25, 0.3) is 0 Å². The fourth-order valence-electron chi connectivity index (χ4n) is 6.33. The van der Waals surface area contributed by atoms with E-state index in [2.05, 4.69) is 93.7 Å². The number of carbonyl (C=O) groups excluding carboxylic acids is 3. The zero-order valence-electron chi connectivity index (χ0n) is 37.8. The summed E-state index contributed by atoms with van der Waals surface area (Å²) in [5.74, 6) is -0.933. The molecule has 0 N–H and O–H groups in total. The third-order valence-corrected chi connectivity index (χ3v) is 9.95. The smallest absolute Gasteiger partial charge is 0.306 e. The van der Waals surface area contributed by atoms with Gasteiger partial charge in [-0.15, -0.1) is 0 Å². The van der Waals surface area contributed by atoms with Crippen LogP contribution in [0.1, 0.15) is 220 Å². The second-order valence-electron chi connectivity index (χ2n) is 15.6. The number of esters is 3. The van der Waals surface area contributed by atoms with Gasteiger partial charge in [0.05, 0.1) is 0 Å². The van der Waals surface area contributed by atoms with Crippen molar-refractivity contribution in [2.24, 2.45) is 0 Å². The van der Waals surface area contributed by atoms with Gasteiger partial charge >= 0.3 is 17.9 Å². The molecule has 0 aromatic carbocycles. The molecule has 6 nitrogen and oxygen atoms in total. The lowest BCUT2D eigenvalue weighted by molar-refractivity contribution is -0.167. The van der Waals surface area contributed by atoms with Crippen molar-refractivity contribution in [2.75, 3.05) is 13.2 Å². The molecule has 58 heavy (non-hydrogen) atoms. The second-order valence-corrected chi connectivity index (χ2v) is 15.6. The van der Waals surface area contributed by atoms with Crippen LogP contribution in [0.3, 0.4) is 0 Å². The Hall–Kier alpha value is -3.15. The largest absolute Gasteiger partial charge is 0.462 e. The molecule has 0 bridgehead atoms. The van der Waals surface area contributed by atoms with E-state index in [0.717, 1.165) is 122 Å². The molecule has 0 aromatic heterocycles. The van der Waals surface area contributed by atoms with Gasteiger partial charge in [0.1, 0.15) is 13.2 Å². The maximum atomic E-state index is 12.7. The summed E-state index contributed by atoms with van der Waals surface area (Å²) in [5.41, 5.74) is 0. The third-order valence-electron chi connectivity index (χ3n) is 9.95. The molecule has 0 aliphatic rings. The van der Waals surface area contributed by atoms with Gasteiger partial charge in [0.2, 0.25) is 0 Å². The Morgan fingerprint density at radius 2 is 0.690 bits per heavy atom. The second kappa shape index (κ2) is 46.5. The summed E-state index contributed by atoms with van der Waals surface area (Å²) in [6, 6.07) is 0. The van der Waals surface area contributed by atoms with E-state index < -0.39 is 6.10 Å². The lowest BCUT2D eigenvalue weighted by atomic mass is 10.1. The van der Waals surface area contributed by atoms with Gasteiger partial charge in [0.15, 0.2) is 6.10 Å². The van der Waals surface area contributed by atoms with Gasteiger partial charge in [-0.3, -0.25) is 14.4 Å². The fourth-order valence-corrected chi connectivity index (χ4v) is 6.33. The van der Waals surface area contributed by atoms with Crippen LogP contribution in [0.25, 0.3) is 0 Å². The molecule has 0 rings (SSSR count). The van der Waals surface area contributed by atoms with E-state index in [-0.39, 0.29) is 31.1 Å². The highest BCUT2D eigenvalue weighted by Gasteiger charge is 2.19. The summed E-state index contributed by atoms with van der Waals surface area (Å²) in [7, 11) is 0. The van der Waals surface area contributed by atoms with E-state index >= 15 is 0 Å². The molecular formula is C52H88O6. The Balaban J connectivity index is 4.42. The average molecular weight is 809 g/mol. The highest BCUT2D eigenvalue weighted by molar-refractivity contribution is 5.71. The van der Waals surface area contributed by atoms with Crippen molar-refractivity contribution < 1.29 is 28.6 Å². The summed E-state index contributed by atoms with van der Waals surface area (Å²) >= 11 is 0. The van der Waals surface area contributed by atoms with Crippen LogP contribution in [0.4, 0.5) is 0 Å². The summed E-state index contributed by atoms with van der Waals surface area (Å²) in [6.45, 7) is 6.42. The first-order valence-electron chi connectivity index (χ1n) is 23.9. The van der Waals surface area contributed by atoms with E-state index in [9.17, 15) is 14.4 Å².